The molecule has 0 aliphatic rings. The van der Waals surface area contributed by atoms with E-state index in [2.05, 4.69) is 30.1 Å². The van der Waals surface area contributed by atoms with E-state index in [1.807, 2.05) is 18.2 Å². The molecule has 0 bridgehead atoms. The van der Waals surface area contributed by atoms with Gasteiger partial charge in [0.2, 0.25) is 0 Å². The van der Waals surface area contributed by atoms with E-state index in [1.54, 1.807) is 0 Å². The molecule has 0 spiro atoms. The van der Waals surface area contributed by atoms with Gasteiger partial charge in [-0.25, -0.2) is 4.39 Å². The number of halogens is 1. The van der Waals surface area contributed by atoms with Crippen molar-refractivity contribution < 1.29 is 13.9 Å². The number of aldehydes is 1. The van der Waals surface area contributed by atoms with E-state index in [0.29, 0.717) is 44.7 Å². The van der Waals surface area contributed by atoms with E-state index >= 15 is 0 Å². The molecule has 0 radical (unpaired) electrons. The number of nitrogens with zero attached hydrogens (tertiary/aromatic N) is 3. The molecule has 3 rings (SSSR count). The van der Waals surface area contributed by atoms with E-state index in [-0.39, 0.29) is 6.42 Å². The van der Waals surface area contributed by atoms with E-state index in [1.165, 1.54) is 30.6 Å². The van der Waals surface area contributed by atoms with Crippen molar-refractivity contribution >= 4 is 17.6 Å². The zero-order chi connectivity index (χ0) is 21.0. The number of carbonyl (C=O) groups is 1. The van der Waals surface area contributed by atoms with Gasteiger partial charge in [-0.05, 0) is 36.1 Å². The lowest BCUT2D eigenvalue weighted by atomic mass is 9.97. The highest BCUT2D eigenvalue weighted by Gasteiger charge is 2.18. The smallest absolute Gasteiger partial charge is 0.151 e. The zero-order valence-electron chi connectivity index (χ0n) is 16.4. The van der Waals surface area contributed by atoms with Crippen molar-refractivity contribution in [2.45, 2.75) is 26.7 Å². The highest BCUT2D eigenvalue weighted by atomic mass is 32.1. The molecule has 148 valence electrons. The topological polar surface area (TPSA) is 75.9 Å². The fourth-order valence-corrected chi connectivity index (χ4v) is 4.02. The normalized spacial score (nSPS) is 10.8. The predicted molar refractivity (Wildman–Crippen MR) is 110 cm³/mol. The minimum atomic E-state index is -0.473. The van der Waals surface area contributed by atoms with Crippen LogP contribution in [0.1, 0.15) is 30.5 Å². The molecule has 0 fully saturated rings. The van der Waals surface area contributed by atoms with Gasteiger partial charge in [-0.2, -0.15) is 5.26 Å². The lowest BCUT2D eigenvalue weighted by Crippen LogP contribution is -1.97. The third-order valence-corrected chi connectivity index (χ3v) is 5.40. The van der Waals surface area contributed by atoms with Crippen LogP contribution in [-0.2, 0) is 17.6 Å². The molecule has 3 aromatic rings. The van der Waals surface area contributed by atoms with Crippen molar-refractivity contribution in [1.82, 2.24) is 10.2 Å². The summed E-state index contributed by atoms with van der Waals surface area (Å²) in [4.78, 5) is 10.9. The molecule has 5 nitrogen and oxygen atoms in total. The second-order valence-electron chi connectivity index (χ2n) is 7.01. The molecular formula is C22H20FN3O2S. The highest BCUT2D eigenvalue weighted by Crippen LogP contribution is 2.38. The molecule has 0 atom stereocenters. The largest absolute Gasteiger partial charge is 0.496 e. The van der Waals surface area contributed by atoms with Crippen molar-refractivity contribution in [1.29, 1.82) is 5.26 Å². The zero-order valence-corrected chi connectivity index (χ0v) is 17.2. The van der Waals surface area contributed by atoms with Crippen LogP contribution < -0.4 is 4.74 Å². The molecule has 2 aromatic carbocycles. The predicted octanol–water partition coefficient (Wildman–Crippen LogP) is 4.83. The summed E-state index contributed by atoms with van der Waals surface area (Å²) in [5, 5.41) is 19.0. The number of ether oxygens (including phenoxy) is 1. The molecule has 0 N–H and O–H groups in total. The maximum absolute atomic E-state index is 14.1. The Morgan fingerprint density at radius 2 is 1.97 bits per heavy atom. The Hall–Kier alpha value is -3.11. The molecule has 0 saturated carbocycles. The average molecular weight is 409 g/mol. The van der Waals surface area contributed by atoms with Crippen molar-refractivity contribution in [2.75, 3.05) is 7.11 Å². The van der Waals surface area contributed by atoms with Gasteiger partial charge in [0.05, 0.1) is 24.3 Å². The number of methoxy groups -OCH3 is 1. The molecule has 0 unspecified atom stereocenters. The molecule has 0 aliphatic carbocycles. The lowest BCUT2D eigenvalue weighted by Gasteiger charge is -2.10. The first-order valence-electron chi connectivity index (χ1n) is 9.14. The van der Waals surface area contributed by atoms with Gasteiger partial charge in [0.1, 0.15) is 22.9 Å². The van der Waals surface area contributed by atoms with Crippen LogP contribution in [0.4, 0.5) is 4.39 Å². The second-order valence-corrected chi connectivity index (χ2v) is 7.99. The summed E-state index contributed by atoms with van der Waals surface area (Å²) < 4.78 is 19.5. The minimum Gasteiger partial charge on any atom is -0.496 e. The van der Waals surface area contributed by atoms with Gasteiger partial charge in [-0.15, -0.1) is 10.2 Å². The summed E-state index contributed by atoms with van der Waals surface area (Å²) in [5.74, 6) is 0.382. The standard InChI is InChI=1S/C22H20FN3O2S/c1-13(2)8-14-4-5-16(9-17(14)12-24)21-25-26-22(29-21)19-11-18(23)10-15(6-7-27)20(19)28-3/h4-5,7,9-11,13H,6,8H2,1-3H3. The van der Waals surface area contributed by atoms with Gasteiger partial charge < -0.3 is 9.53 Å². The Labute approximate surface area is 172 Å². The molecule has 0 aliphatic heterocycles. The fraction of sp³-hybridized carbons (Fsp3) is 0.273. The van der Waals surface area contributed by atoms with Crippen LogP contribution in [0.15, 0.2) is 30.3 Å². The fourth-order valence-electron chi connectivity index (χ4n) is 3.17. The number of aromatic nitrogens is 2. The second kappa shape index (κ2) is 8.93. The van der Waals surface area contributed by atoms with Crippen LogP contribution >= 0.6 is 11.3 Å². The van der Waals surface area contributed by atoms with Crippen molar-refractivity contribution in [2.24, 2.45) is 5.92 Å². The first-order chi connectivity index (χ1) is 14.0. The van der Waals surface area contributed by atoms with Crippen LogP contribution in [0.5, 0.6) is 5.75 Å². The van der Waals surface area contributed by atoms with Gasteiger partial charge >= 0.3 is 0 Å². The SMILES string of the molecule is COc1c(CC=O)cc(F)cc1-c1nnc(-c2ccc(CC(C)C)c(C#N)c2)s1. The molecule has 1 aromatic heterocycles. The van der Waals surface area contributed by atoms with Gasteiger partial charge in [-0.3, -0.25) is 0 Å². The number of hydrogen-bond donors (Lipinski definition) is 0. The van der Waals surface area contributed by atoms with Gasteiger partial charge in [0.25, 0.3) is 0 Å². The first-order valence-corrected chi connectivity index (χ1v) is 9.95. The minimum absolute atomic E-state index is 0.0441. The Morgan fingerprint density at radius 3 is 2.62 bits per heavy atom. The third kappa shape index (κ3) is 4.49. The molecular weight excluding hydrogens is 389 g/mol. The summed E-state index contributed by atoms with van der Waals surface area (Å²) in [7, 11) is 1.47. The summed E-state index contributed by atoms with van der Waals surface area (Å²) in [6.45, 7) is 4.22. The van der Waals surface area contributed by atoms with Crippen LogP contribution in [0, 0.1) is 23.1 Å². The molecule has 0 amide bonds. The Balaban J connectivity index is 2.02. The van der Waals surface area contributed by atoms with Crippen LogP contribution in [0.25, 0.3) is 21.1 Å². The molecule has 7 heteroatoms. The van der Waals surface area contributed by atoms with Crippen molar-refractivity contribution in [3.63, 3.8) is 0 Å². The third-order valence-electron chi connectivity index (χ3n) is 4.40. The van der Waals surface area contributed by atoms with E-state index in [9.17, 15) is 14.4 Å². The highest BCUT2D eigenvalue weighted by molar-refractivity contribution is 7.18. The quantitative estimate of drug-likeness (QED) is 0.522. The van der Waals surface area contributed by atoms with Crippen LogP contribution in [-0.4, -0.2) is 23.6 Å². The monoisotopic (exact) mass is 409 g/mol. The van der Waals surface area contributed by atoms with Crippen molar-refractivity contribution in [3.05, 3.63) is 52.8 Å². The summed E-state index contributed by atoms with van der Waals surface area (Å²) in [5.41, 5.74) is 3.30. The summed E-state index contributed by atoms with van der Waals surface area (Å²) >= 11 is 1.28. The number of rotatable bonds is 7. The van der Waals surface area contributed by atoms with Crippen molar-refractivity contribution in [3.8, 4) is 33.0 Å². The number of nitriles is 1. The molecule has 0 saturated heterocycles. The Kier molecular flexibility index (Phi) is 6.35. The molecule has 29 heavy (non-hydrogen) atoms. The van der Waals surface area contributed by atoms with Gasteiger partial charge in [-0.1, -0.05) is 37.3 Å². The van der Waals surface area contributed by atoms with Gasteiger partial charge in [0, 0.05) is 17.5 Å². The van der Waals surface area contributed by atoms with E-state index < -0.39 is 5.82 Å². The van der Waals surface area contributed by atoms with Crippen LogP contribution in [0.3, 0.4) is 0 Å². The Morgan fingerprint density at radius 1 is 1.21 bits per heavy atom. The number of hydrogen-bond acceptors (Lipinski definition) is 6. The van der Waals surface area contributed by atoms with Crippen LogP contribution in [0.2, 0.25) is 0 Å². The maximum Gasteiger partial charge on any atom is 0.151 e. The number of benzene rings is 2. The molecule has 1 heterocycles. The first kappa shape index (κ1) is 20.6. The lowest BCUT2D eigenvalue weighted by molar-refractivity contribution is -0.107. The van der Waals surface area contributed by atoms with E-state index in [0.717, 1.165) is 17.5 Å². The van der Waals surface area contributed by atoms with E-state index in [4.69, 9.17) is 4.74 Å². The summed E-state index contributed by atoms with van der Waals surface area (Å²) in [6.07, 6.45) is 1.57. The number of carbonyl (C=O) groups excluding carboxylic acids is 1. The average Bonchev–Trinajstić information content (AvgIpc) is 3.18. The van der Waals surface area contributed by atoms with Gasteiger partial charge in [0.15, 0.2) is 5.01 Å². The maximum atomic E-state index is 14.1. The Bertz CT molecular complexity index is 1090. The summed E-state index contributed by atoms with van der Waals surface area (Å²) in [6, 6.07) is 10.5.